The Kier molecular flexibility index (Phi) is 18.9. The fourth-order valence-electron chi connectivity index (χ4n) is 4.94. The molecule has 1 aliphatic rings. The maximum Gasteiger partial charge on any atom is 0.399 e. The quantitative estimate of drug-likeness (QED) is 0.0671. The molecule has 0 aromatic heterocycles. The zero-order valence-electron chi connectivity index (χ0n) is 24.9. The minimum Gasteiger partial charge on any atom is -0.420 e. The van der Waals surface area contributed by atoms with Gasteiger partial charge in [0.25, 0.3) is 0 Å². The lowest BCUT2D eigenvalue weighted by Crippen LogP contribution is -2.75. The number of esters is 2. The van der Waals surface area contributed by atoms with Gasteiger partial charge in [0.1, 0.15) is 12.2 Å². The van der Waals surface area contributed by atoms with Crippen molar-refractivity contribution in [3.05, 3.63) is 0 Å². The van der Waals surface area contributed by atoms with E-state index >= 15 is 0 Å². The molecule has 1 aliphatic heterocycles. The van der Waals surface area contributed by atoms with E-state index in [0.29, 0.717) is 12.8 Å². The number of carbonyl (C=O) groups excluding carboxylic acids is 2. The minimum atomic E-state index is -3.32. The molecule has 40 heavy (non-hydrogen) atoms. The smallest absolute Gasteiger partial charge is 0.399 e. The molecule has 0 radical (unpaired) electrons. The summed E-state index contributed by atoms with van der Waals surface area (Å²) in [6.07, 6.45) is 12.3. The van der Waals surface area contributed by atoms with Crippen LogP contribution in [0.25, 0.3) is 0 Å². The Balaban J connectivity index is 2.59. The Labute approximate surface area is 240 Å². The van der Waals surface area contributed by atoms with Crippen molar-refractivity contribution < 1.29 is 49.3 Å². The lowest BCUT2D eigenvalue weighted by Gasteiger charge is -2.49. The number of aliphatic hydroxyl groups excluding tert-OH is 3. The van der Waals surface area contributed by atoms with E-state index in [0.717, 1.165) is 51.4 Å². The Morgan fingerprint density at radius 3 is 1.43 bits per heavy atom. The highest BCUT2D eigenvalue weighted by molar-refractivity contribution is 5.71. The Morgan fingerprint density at radius 1 is 0.650 bits per heavy atom. The number of hydrogen-bond donors (Lipinski definition) is 5. The predicted octanol–water partition coefficient (Wildman–Crippen LogP) is 4.36. The molecule has 10 nitrogen and oxygen atoms in total. The summed E-state index contributed by atoms with van der Waals surface area (Å²) in [5.74, 6) is -8.51. The summed E-state index contributed by atoms with van der Waals surface area (Å²) in [6.45, 7) is 3.48. The molecule has 1 saturated heterocycles. The Bertz CT molecular complexity index is 689. The highest BCUT2D eigenvalue weighted by Crippen LogP contribution is 2.39. The number of ether oxygens (including phenoxy) is 3. The lowest BCUT2D eigenvalue weighted by atomic mass is 9.94. The third kappa shape index (κ3) is 12.7. The molecule has 0 amide bonds. The van der Waals surface area contributed by atoms with Crippen LogP contribution >= 0.6 is 0 Å². The van der Waals surface area contributed by atoms with Crippen LogP contribution in [0, 0.1) is 0 Å². The van der Waals surface area contributed by atoms with Crippen LogP contribution in [-0.4, -0.2) is 74.2 Å². The molecule has 0 aromatic carbocycles. The maximum absolute atomic E-state index is 12.5. The maximum atomic E-state index is 12.5. The molecule has 1 rings (SSSR count). The third-order valence-electron chi connectivity index (χ3n) is 7.54. The molecule has 236 valence electrons. The zero-order valence-corrected chi connectivity index (χ0v) is 24.9. The first-order chi connectivity index (χ1) is 19.1. The van der Waals surface area contributed by atoms with E-state index < -0.39 is 48.6 Å². The first kappa shape index (κ1) is 36.7. The molecule has 0 unspecified atom stereocenters. The summed E-state index contributed by atoms with van der Waals surface area (Å²) >= 11 is 0. The molecule has 1 heterocycles. The molecule has 0 aliphatic carbocycles. The van der Waals surface area contributed by atoms with Crippen molar-refractivity contribution in [2.75, 3.05) is 6.61 Å². The van der Waals surface area contributed by atoms with Crippen LogP contribution in [0.1, 0.15) is 142 Å². The summed E-state index contributed by atoms with van der Waals surface area (Å²) in [6, 6.07) is 0. The monoisotopic (exact) mass is 576 g/mol. The summed E-state index contributed by atoms with van der Waals surface area (Å²) < 4.78 is 15.1. The van der Waals surface area contributed by atoms with Gasteiger partial charge < -0.3 is 39.7 Å². The molecule has 1 fully saturated rings. The van der Waals surface area contributed by atoms with E-state index in [1.807, 2.05) is 0 Å². The number of unbranched alkanes of at least 4 members (excludes halogenated alkanes) is 16. The van der Waals surface area contributed by atoms with Crippen LogP contribution in [0.3, 0.4) is 0 Å². The number of rotatable bonds is 23. The molecular formula is C30H56O10. The van der Waals surface area contributed by atoms with E-state index in [1.165, 1.54) is 51.4 Å². The first-order valence-corrected chi connectivity index (χ1v) is 15.7. The van der Waals surface area contributed by atoms with E-state index in [1.54, 1.807) is 0 Å². The van der Waals surface area contributed by atoms with Crippen LogP contribution in [-0.2, 0) is 23.8 Å². The van der Waals surface area contributed by atoms with Gasteiger partial charge in [-0.15, -0.1) is 0 Å². The van der Waals surface area contributed by atoms with Crippen LogP contribution in [0.15, 0.2) is 0 Å². The van der Waals surface area contributed by atoms with Crippen molar-refractivity contribution in [1.82, 2.24) is 0 Å². The van der Waals surface area contributed by atoms with Gasteiger partial charge in [0, 0.05) is 12.8 Å². The van der Waals surface area contributed by atoms with Gasteiger partial charge in [0.05, 0.1) is 6.61 Å². The van der Waals surface area contributed by atoms with Crippen LogP contribution < -0.4 is 0 Å². The predicted molar refractivity (Wildman–Crippen MR) is 150 cm³/mol. The average molecular weight is 577 g/mol. The molecule has 0 aromatic rings. The van der Waals surface area contributed by atoms with Crippen molar-refractivity contribution in [2.45, 2.75) is 172 Å². The molecular weight excluding hydrogens is 520 g/mol. The van der Waals surface area contributed by atoms with Crippen molar-refractivity contribution in [3.8, 4) is 0 Å². The average Bonchev–Trinajstić information content (AvgIpc) is 2.92. The number of carbonyl (C=O) groups is 2. The fourth-order valence-corrected chi connectivity index (χ4v) is 4.94. The van der Waals surface area contributed by atoms with Crippen LogP contribution in [0.4, 0.5) is 0 Å². The van der Waals surface area contributed by atoms with Gasteiger partial charge in [-0.25, -0.2) is 0 Å². The van der Waals surface area contributed by atoms with Crippen LogP contribution in [0.2, 0.25) is 0 Å². The standard InChI is InChI=1S/C30H56O10/c1-3-5-7-9-11-13-15-17-19-21-25(32)39-29(36)28(35)27(34)24(23-31)38-30(29,37)40-26(33)22-20-18-16-14-12-10-8-6-4-2/h24,27-28,31,34-37H,3-23H2,1-2H3/t24-,27+,28+,29-,30+/m1/s1. The van der Waals surface area contributed by atoms with Gasteiger partial charge in [0.2, 0.25) is 0 Å². The van der Waals surface area contributed by atoms with Crippen molar-refractivity contribution in [3.63, 3.8) is 0 Å². The second-order valence-corrected chi connectivity index (χ2v) is 11.2. The largest absolute Gasteiger partial charge is 0.420 e. The minimum absolute atomic E-state index is 0.105. The fraction of sp³-hybridized carbons (Fsp3) is 0.933. The molecule has 5 atom stereocenters. The third-order valence-corrected chi connectivity index (χ3v) is 7.54. The van der Waals surface area contributed by atoms with Crippen LogP contribution in [0.5, 0.6) is 0 Å². The Hall–Kier alpha value is -1.30. The van der Waals surface area contributed by atoms with Gasteiger partial charge in [-0.2, -0.15) is 0 Å². The van der Waals surface area contributed by atoms with Gasteiger partial charge in [-0.3, -0.25) is 9.59 Å². The van der Waals surface area contributed by atoms with Gasteiger partial charge in [-0.05, 0) is 12.8 Å². The zero-order chi connectivity index (χ0) is 29.9. The summed E-state index contributed by atoms with van der Waals surface area (Å²) in [4.78, 5) is 25.0. The van der Waals surface area contributed by atoms with Gasteiger partial charge in [-0.1, -0.05) is 117 Å². The summed E-state index contributed by atoms with van der Waals surface area (Å²) in [5.41, 5.74) is 0. The second-order valence-electron chi connectivity index (χ2n) is 11.2. The summed E-state index contributed by atoms with van der Waals surface area (Å²) in [5, 5.41) is 52.4. The van der Waals surface area contributed by atoms with E-state index in [-0.39, 0.29) is 12.8 Å². The lowest BCUT2D eigenvalue weighted by molar-refractivity contribution is -0.511. The number of aliphatic hydroxyl groups is 5. The molecule has 0 saturated carbocycles. The molecule has 5 N–H and O–H groups in total. The highest BCUT2D eigenvalue weighted by atomic mass is 16.9. The SMILES string of the molecule is CCCCCCCCCCCC(=O)O[C@@]1(O)O[C@H](CO)[C@H](O)[C@H](O)[C@@]1(O)OC(=O)CCCCCCCCCCC. The van der Waals surface area contributed by atoms with Crippen molar-refractivity contribution in [2.24, 2.45) is 0 Å². The molecule has 0 spiro atoms. The molecule has 10 heteroatoms. The van der Waals surface area contributed by atoms with E-state index in [4.69, 9.17) is 14.2 Å². The Morgan fingerprint density at radius 2 is 1.02 bits per heavy atom. The highest BCUT2D eigenvalue weighted by Gasteiger charge is 2.70. The van der Waals surface area contributed by atoms with E-state index in [9.17, 15) is 35.1 Å². The topological polar surface area (TPSA) is 163 Å². The second kappa shape index (κ2) is 20.6. The summed E-state index contributed by atoms with van der Waals surface area (Å²) in [7, 11) is 0. The van der Waals surface area contributed by atoms with Crippen molar-refractivity contribution in [1.29, 1.82) is 0 Å². The first-order valence-electron chi connectivity index (χ1n) is 15.7. The normalized spacial score (nSPS) is 26.5. The van der Waals surface area contributed by atoms with E-state index in [2.05, 4.69) is 13.8 Å². The number of hydrogen-bond acceptors (Lipinski definition) is 10. The van der Waals surface area contributed by atoms with Gasteiger partial charge in [0.15, 0.2) is 6.10 Å². The molecule has 0 bridgehead atoms. The van der Waals surface area contributed by atoms with Crippen molar-refractivity contribution >= 4 is 11.9 Å². The van der Waals surface area contributed by atoms with Gasteiger partial charge >= 0.3 is 23.7 Å².